The number of hydrogen-bond donors (Lipinski definition) is 2. The monoisotopic (exact) mass is 496 g/mol. The van der Waals surface area contributed by atoms with Gasteiger partial charge in [0.2, 0.25) is 0 Å². The molecule has 0 unspecified atom stereocenters. The van der Waals surface area contributed by atoms with Gasteiger partial charge in [-0.3, -0.25) is 9.59 Å². The Morgan fingerprint density at radius 2 is 1.69 bits per heavy atom. The Balaban J connectivity index is 1.68. The fraction of sp³-hybridized carbons (Fsp3) is 0.0526. The molecule has 3 aromatic rings. The third-order valence-electron chi connectivity index (χ3n) is 3.61. The normalized spacial score (nSPS) is 10.4. The molecule has 0 aliphatic heterocycles. The zero-order valence-corrected chi connectivity index (χ0v) is 17.2. The molecule has 7 heteroatoms. The highest BCUT2D eigenvalue weighted by Gasteiger charge is 2.12. The number of para-hydroxylation sites is 1. The maximum Gasteiger partial charge on any atom is 0.261 e. The maximum atomic E-state index is 12.4. The Hall–Kier alpha value is -1.90. The lowest BCUT2D eigenvalue weighted by Gasteiger charge is -2.12. The molecule has 0 fully saturated rings. The molecule has 0 atom stereocenters. The van der Waals surface area contributed by atoms with E-state index in [1.165, 1.54) is 11.3 Å². The van der Waals surface area contributed by atoms with Crippen LogP contribution in [-0.4, -0.2) is 11.8 Å². The summed E-state index contributed by atoms with van der Waals surface area (Å²) in [5.41, 5.74) is 2.07. The van der Waals surface area contributed by atoms with Crippen LogP contribution in [0.15, 0.2) is 60.7 Å². The third-order valence-corrected chi connectivity index (χ3v) is 5.56. The summed E-state index contributed by atoms with van der Waals surface area (Å²) in [5.74, 6) is -0.383. The summed E-state index contributed by atoms with van der Waals surface area (Å²) in [5, 5.41) is 5.75. The molecule has 0 radical (unpaired) electrons. The number of rotatable bonds is 5. The van der Waals surface area contributed by atoms with E-state index in [0.717, 1.165) is 9.13 Å². The van der Waals surface area contributed by atoms with Crippen LogP contribution < -0.4 is 10.6 Å². The van der Waals surface area contributed by atoms with Crippen LogP contribution in [0.3, 0.4) is 0 Å². The van der Waals surface area contributed by atoms with Crippen molar-refractivity contribution >= 4 is 63.0 Å². The predicted octanol–water partition coefficient (Wildman–Crippen LogP) is 5.19. The molecular weight excluding hydrogens is 483 g/mol. The van der Waals surface area contributed by atoms with Crippen LogP contribution in [0.25, 0.3) is 0 Å². The molecule has 0 spiro atoms. The first-order valence-electron chi connectivity index (χ1n) is 7.71. The van der Waals surface area contributed by atoms with Crippen LogP contribution in [0.5, 0.6) is 0 Å². The Bertz CT molecular complexity index is 941. The minimum Gasteiger partial charge on any atom is -0.347 e. The van der Waals surface area contributed by atoms with Gasteiger partial charge in [0.1, 0.15) is 0 Å². The van der Waals surface area contributed by atoms with E-state index >= 15 is 0 Å². The van der Waals surface area contributed by atoms with E-state index < -0.39 is 0 Å². The van der Waals surface area contributed by atoms with Crippen molar-refractivity contribution in [2.75, 3.05) is 5.32 Å². The average Bonchev–Trinajstić information content (AvgIpc) is 3.08. The molecular formula is C19H14ClIN2O2S. The molecule has 132 valence electrons. The number of halogens is 2. The van der Waals surface area contributed by atoms with Gasteiger partial charge in [-0.2, -0.15) is 0 Å². The lowest BCUT2D eigenvalue weighted by atomic mass is 10.1. The molecule has 0 saturated carbocycles. The maximum absolute atomic E-state index is 12.4. The van der Waals surface area contributed by atoms with Gasteiger partial charge < -0.3 is 10.6 Å². The summed E-state index contributed by atoms with van der Waals surface area (Å²) in [4.78, 5) is 25.1. The quantitative estimate of drug-likeness (QED) is 0.478. The molecule has 1 aromatic heterocycles. The number of carbonyl (C=O) groups is 2. The van der Waals surface area contributed by atoms with E-state index in [2.05, 4.69) is 33.2 Å². The smallest absolute Gasteiger partial charge is 0.261 e. The van der Waals surface area contributed by atoms with Gasteiger partial charge in [0.15, 0.2) is 0 Å². The van der Waals surface area contributed by atoms with E-state index in [0.29, 0.717) is 27.0 Å². The molecule has 2 N–H and O–H groups in total. The Labute approximate surface area is 173 Å². The van der Waals surface area contributed by atoms with Crippen molar-refractivity contribution in [2.45, 2.75) is 6.54 Å². The van der Waals surface area contributed by atoms with Crippen LogP contribution in [0.1, 0.15) is 25.6 Å². The first kappa shape index (κ1) is 18.9. The summed E-state index contributed by atoms with van der Waals surface area (Å²) < 4.78 is 1.64. The Morgan fingerprint density at radius 1 is 0.962 bits per heavy atom. The molecule has 2 aromatic carbocycles. The molecule has 4 nitrogen and oxygen atoms in total. The lowest BCUT2D eigenvalue weighted by molar-refractivity contribution is 0.0954. The van der Waals surface area contributed by atoms with Crippen molar-refractivity contribution in [1.82, 2.24) is 5.32 Å². The zero-order valence-electron chi connectivity index (χ0n) is 13.5. The summed E-state index contributed by atoms with van der Waals surface area (Å²) in [7, 11) is 0. The Morgan fingerprint density at radius 3 is 2.38 bits per heavy atom. The fourth-order valence-electron chi connectivity index (χ4n) is 2.29. The van der Waals surface area contributed by atoms with Gasteiger partial charge in [0.05, 0.1) is 9.21 Å². The second-order valence-corrected chi connectivity index (χ2v) is 8.37. The van der Waals surface area contributed by atoms with E-state index in [4.69, 9.17) is 11.6 Å². The van der Waals surface area contributed by atoms with Crippen LogP contribution in [0.2, 0.25) is 4.34 Å². The standard InChI is InChI=1S/C19H14ClIN2O2S/c20-17-10-9-16(26-17)19(25)22-11-13-3-1-2-4-15(13)23-18(24)12-5-7-14(21)8-6-12/h1-10H,11H2,(H,22,25)(H,23,24). The highest BCUT2D eigenvalue weighted by molar-refractivity contribution is 14.1. The number of amides is 2. The first-order valence-corrected chi connectivity index (χ1v) is 9.98. The summed E-state index contributed by atoms with van der Waals surface area (Å²) in [6.45, 7) is 0.303. The number of thiophene rings is 1. The van der Waals surface area contributed by atoms with Gasteiger partial charge in [-0.15, -0.1) is 11.3 Å². The van der Waals surface area contributed by atoms with Crippen molar-refractivity contribution in [3.63, 3.8) is 0 Å². The molecule has 26 heavy (non-hydrogen) atoms. The fourth-order valence-corrected chi connectivity index (χ4v) is 3.61. The van der Waals surface area contributed by atoms with Crippen LogP contribution >= 0.6 is 45.5 Å². The molecule has 0 aliphatic carbocycles. The minimum absolute atomic E-state index is 0.190. The number of carbonyl (C=O) groups excluding carboxylic acids is 2. The molecule has 3 rings (SSSR count). The number of anilines is 1. The predicted molar refractivity (Wildman–Crippen MR) is 114 cm³/mol. The minimum atomic E-state index is -0.194. The summed E-state index contributed by atoms with van der Waals surface area (Å²) >= 11 is 9.28. The lowest BCUT2D eigenvalue weighted by Crippen LogP contribution is -2.23. The van der Waals surface area contributed by atoms with Crippen LogP contribution in [0.4, 0.5) is 5.69 Å². The summed E-state index contributed by atoms with van der Waals surface area (Å²) in [6.07, 6.45) is 0. The van der Waals surface area contributed by atoms with Crippen molar-refractivity contribution in [3.8, 4) is 0 Å². The van der Waals surface area contributed by atoms with Crippen molar-refractivity contribution in [2.24, 2.45) is 0 Å². The highest BCUT2D eigenvalue weighted by atomic mass is 127. The van der Waals surface area contributed by atoms with Gasteiger partial charge in [-0.1, -0.05) is 29.8 Å². The topological polar surface area (TPSA) is 58.2 Å². The van der Waals surface area contributed by atoms with Gasteiger partial charge >= 0.3 is 0 Å². The van der Waals surface area contributed by atoms with E-state index in [1.54, 1.807) is 24.3 Å². The molecule has 1 heterocycles. The average molecular weight is 497 g/mol. The van der Waals surface area contributed by atoms with Gasteiger partial charge in [-0.25, -0.2) is 0 Å². The number of benzene rings is 2. The van der Waals surface area contributed by atoms with E-state index in [1.807, 2.05) is 36.4 Å². The van der Waals surface area contributed by atoms with Crippen LogP contribution in [0, 0.1) is 3.57 Å². The molecule has 0 aliphatic rings. The summed E-state index contributed by atoms with van der Waals surface area (Å²) in [6, 6.07) is 18.1. The second-order valence-electron chi connectivity index (χ2n) is 5.40. The van der Waals surface area contributed by atoms with Gasteiger partial charge in [0.25, 0.3) is 11.8 Å². The molecule has 0 saturated heterocycles. The second kappa shape index (κ2) is 8.66. The van der Waals surface area contributed by atoms with Gasteiger partial charge in [-0.05, 0) is 70.6 Å². The van der Waals surface area contributed by atoms with E-state index in [9.17, 15) is 9.59 Å². The van der Waals surface area contributed by atoms with Gasteiger partial charge in [0, 0.05) is 21.4 Å². The zero-order chi connectivity index (χ0) is 18.5. The highest BCUT2D eigenvalue weighted by Crippen LogP contribution is 2.22. The number of hydrogen-bond acceptors (Lipinski definition) is 3. The van der Waals surface area contributed by atoms with Crippen molar-refractivity contribution in [3.05, 3.63) is 84.6 Å². The molecule has 0 bridgehead atoms. The Kier molecular flexibility index (Phi) is 6.29. The van der Waals surface area contributed by atoms with E-state index in [-0.39, 0.29) is 11.8 Å². The molecule has 2 amide bonds. The van der Waals surface area contributed by atoms with Crippen molar-refractivity contribution < 1.29 is 9.59 Å². The SMILES string of the molecule is O=C(Nc1ccccc1CNC(=O)c1ccc(Cl)s1)c1ccc(I)cc1. The van der Waals surface area contributed by atoms with Crippen LogP contribution in [-0.2, 0) is 6.54 Å². The first-order chi connectivity index (χ1) is 12.5. The largest absolute Gasteiger partial charge is 0.347 e. The third kappa shape index (κ3) is 4.84. The number of nitrogens with one attached hydrogen (secondary N) is 2. The van der Waals surface area contributed by atoms with Crippen molar-refractivity contribution in [1.29, 1.82) is 0 Å².